The van der Waals surface area contributed by atoms with Gasteiger partial charge in [-0.15, -0.1) is 0 Å². The van der Waals surface area contributed by atoms with Crippen molar-refractivity contribution in [3.05, 3.63) is 23.5 Å². The molecule has 0 N–H and O–H groups in total. The highest BCUT2D eigenvalue weighted by atomic mass is 19.1. The third-order valence-corrected chi connectivity index (χ3v) is 4.48. The predicted molar refractivity (Wildman–Crippen MR) is 76.8 cm³/mol. The second-order valence-corrected chi connectivity index (χ2v) is 6.19. The highest BCUT2D eigenvalue weighted by Crippen LogP contribution is 2.34. The van der Waals surface area contributed by atoms with Crippen LogP contribution in [0.2, 0.25) is 0 Å². The molecule has 0 atom stereocenters. The van der Waals surface area contributed by atoms with E-state index in [4.69, 9.17) is 9.47 Å². The Labute approximate surface area is 120 Å². The minimum atomic E-state index is -0.270. The molecule has 2 aliphatic rings. The fraction of sp³-hybridized carbons (Fsp3) is 0.647. The van der Waals surface area contributed by atoms with E-state index in [1.54, 1.807) is 13.0 Å². The molecule has 0 aliphatic heterocycles. The second kappa shape index (κ2) is 6.02. The molecule has 0 heterocycles. The van der Waals surface area contributed by atoms with Gasteiger partial charge in [-0.3, -0.25) is 0 Å². The molecule has 3 rings (SSSR count). The molecular weight excluding hydrogens is 255 g/mol. The highest BCUT2D eigenvalue weighted by molar-refractivity contribution is 5.41. The van der Waals surface area contributed by atoms with Crippen LogP contribution in [0.4, 0.5) is 4.39 Å². The van der Waals surface area contributed by atoms with Gasteiger partial charge in [0.2, 0.25) is 0 Å². The molecule has 2 nitrogen and oxygen atoms in total. The van der Waals surface area contributed by atoms with Gasteiger partial charge >= 0.3 is 0 Å². The Morgan fingerprint density at radius 2 is 1.80 bits per heavy atom. The van der Waals surface area contributed by atoms with Crippen LogP contribution in [0.3, 0.4) is 0 Å². The van der Waals surface area contributed by atoms with Crippen LogP contribution in [-0.2, 0) is 0 Å². The van der Waals surface area contributed by atoms with Crippen molar-refractivity contribution in [1.82, 2.24) is 0 Å². The summed E-state index contributed by atoms with van der Waals surface area (Å²) in [7, 11) is 0. The summed E-state index contributed by atoms with van der Waals surface area (Å²) in [5, 5.41) is 0. The van der Waals surface area contributed by atoms with Crippen molar-refractivity contribution in [2.75, 3.05) is 13.2 Å². The monoisotopic (exact) mass is 278 g/mol. The average Bonchev–Trinajstić information content (AvgIpc) is 3.19. The summed E-state index contributed by atoms with van der Waals surface area (Å²) in [6.07, 6.45) is 7.44. The molecule has 0 spiro atoms. The Hall–Kier alpha value is -1.25. The predicted octanol–water partition coefficient (Wildman–Crippen LogP) is 4.49. The van der Waals surface area contributed by atoms with Crippen molar-refractivity contribution in [3.8, 4) is 11.5 Å². The van der Waals surface area contributed by atoms with Crippen molar-refractivity contribution < 1.29 is 13.9 Å². The summed E-state index contributed by atoms with van der Waals surface area (Å²) >= 11 is 0. The molecule has 0 unspecified atom stereocenters. The van der Waals surface area contributed by atoms with Crippen LogP contribution < -0.4 is 9.47 Å². The van der Waals surface area contributed by atoms with Crippen molar-refractivity contribution >= 4 is 0 Å². The quantitative estimate of drug-likeness (QED) is 0.731. The summed E-state index contributed by atoms with van der Waals surface area (Å²) in [5.74, 6) is 2.20. The van der Waals surface area contributed by atoms with Crippen LogP contribution in [0.1, 0.15) is 44.1 Å². The van der Waals surface area contributed by atoms with E-state index in [1.807, 2.05) is 6.07 Å². The number of benzene rings is 1. The summed E-state index contributed by atoms with van der Waals surface area (Å²) in [5.41, 5.74) is 0.562. The van der Waals surface area contributed by atoms with Crippen molar-refractivity contribution in [2.24, 2.45) is 11.8 Å². The largest absolute Gasteiger partial charge is 0.493 e. The summed E-state index contributed by atoms with van der Waals surface area (Å²) in [6, 6.07) is 3.54. The molecule has 0 amide bonds. The smallest absolute Gasteiger partial charge is 0.171 e. The van der Waals surface area contributed by atoms with Gasteiger partial charge in [-0.05, 0) is 50.2 Å². The van der Waals surface area contributed by atoms with Gasteiger partial charge < -0.3 is 9.47 Å². The zero-order valence-corrected chi connectivity index (χ0v) is 12.2. The van der Waals surface area contributed by atoms with Crippen molar-refractivity contribution in [3.63, 3.8) is 0 Å². The number of halogens is 1. The first-order chi connectivity index (χ1) is 9.74. The summed E-state index contributed by atoms with van der Waals surface area (Å²) < 4.78 is 25.5. The Morgan fingerprint density at radius 1 is 1.05 bits per heavy atom. The first-order valence-electron chi connectivity index (χ1n) is 7.78. The van der Waals surface area contributed by atoms with Crippen LogP contribution in [0.15, 0.2) is 12.1 Å². The fourth-order valence-corrected chi connectivity index (χ4v) is 2.52. The fourth-order valence-electron chi connectivity index (χ4n) is 2.52. The molecule has 2 fully saturated rings. The molecule has 1 aromatic carbocycles. The van der Waals surface area contributed by atoms with E-state index in [-0.39, 0.29) is 5.82 Å². The molecule has 0 saturated heterocycles. The molecule has 2 saturated carbocycles. The number of rotatable bonds is 7. The van der Waals surface area contributed by atoms with Crippen molar-refractivity contribution in [1.29, 1.82) is 0 Å². The molecule has 0 aromatic heterocycles. The molecular formula is C17H23FO2. The second-order valence-electron chi connectivity index (χ2n) is 6.19. The van der Waals surface area contributed by atoms with E-state index in [0.717, 1.165) is 12.3 Å². The van der Waals surface area contributed by atoms with E-state index in [1.165, 1.54) is 32.1 Å². The standard InChI is InChI=1S/C17H23FO2/c1-12-15(19-10-9-13-5-6-13)7-8-16(17(12)18)20-11-14-3-2-4-14/h7-8,13-14H,2-6,9-11H2,1H3. The van der Waals surface area contributed by atoms with Gasteiger partial charge in [0.1, 0.15) is 5.75 Å². The Kier molecular flexibility index (Phi) is 4.13. The summed E-state index contributed by atoms with van der Waals surface area (Å²) in [4.78, 5) is 0. The molecule has 3 heteroatoms. The van der Waals surface area contributed by atoms with Crippen LogP contribution in [-0.4, -0.2) is 13.2 Å². The van der Waals surface area contributed by atoms with Gasteiger partial charge in [-0.1, -0.05) is 19.3 Å². The molecule has 20 heavy (non-hydrogen) atoms. The van der Waals surface area contributed by atoms with Gasteiger partial charge in [0.25, 0.3) is 0 Å². The molecule has 2 aliphatic carbocycles. The highest BCUT2D eigenvalue weighted by Gasteiger charge is 2.22. The lowest BCUT2D eigenvalue weighted by molar-refractivity contribution is 0.175. The summed E-state index contributed by atoms with van der Waals surface area (Å²) in [6.45, 7) is 3.09. The first-order valence-corrected chi connectivity index (χ1v) is 7.78. The Morgan fingerprint density at radius 3 is 2.45 bits per heavy atom. The van der Waals surface area contributed by atoms with E-state index in [0.29, 0.717) is 36.2 Å². The van der Waals surface area contributed by atoms with E-state index in [9.17, 15) is 4.39 Å². The van der Waals surface area contributed by atoms with Gasteiger partial charge in [-0.2, -0.15) is 0 Å². The molecule has 0 bridgehead atoms. The maximum absolute atomic E-state index is 14.2. The maximum atomic E-state index is 14.2. The molecule has 1 aromatic rings. The minimum Gasteiger partial charge on any atom is -0.493 e. The lowest BCUT2D eigenvalue weighted by Crippen LogP contribution is -2.19. The lowest BCUT2D eigenvalue weighted by atomic mass is 9.86. The van der Waals surface area contributed by atoms with E-state index in [2.05, 4.69) is 0 Å². The third kappa shape index (κ3) is 3.25. The topological polar surface area (TPSA) is 18.5 Å². The number of hydrogen-bond donors (Lipinski definition) is 0. The van der Waals surface area contributed by atoms with Gasteiger partial charge in [0.05, 0.1) is 13.2 Å². The minimum absolute atomic E-state index is 0.270. The molecule has 0 radical (unpaired) electrons. The first kappa shape index (κ1) is 13.7. The van der Waals surface area contributed by atoms with E-state index >= 15 is 0 Å². The Bertz CT molecular complexity index is 464. The lowest BCUT2D eigenvalue weighted by Gasteiger charge is -2.25. The van der Waals surface area contributed by atoms with Crippen LogP contribution in [0.25, 0.3) is 0 Å². The molecule has 110 valence electrons. The third-order valence-electron chi connectivity index (χ3n) is 4.48. The Balaban J connectivity index is 1.56. The SMILES string of the molecule is Cc1c(OCCC2CC2)ccc(OCC2CCC2)c1F. The van der Waals surface area contributed by atoms with E-state index < -0.39 is 0 Å². The van der Waals surface area contributed by atoms with Crippen LogP contribution >= 0.6 is 0 Å². The maximum Gasteiger partial charge on any atom is 0.171 e. The van der Waals surface area contributed by atoms with Crippen LogP contribution in [0.5, 0.6) is 11.5 Å². The van der Waals surface area contributed by atoms with Crippen LogP contribution in [0, 0.1) is 24.6 Å². The normalized spacial score (nSPS) is 18.7. The zero-order valence-electron chi connectivity index (χ0n) is 12.2. The van der Waals surface area contributed by atoms with Gasteiger partial charge in [-0.25, -0.2) is 4.39 Å². The zero-order chi connectivity index (χ0) is 13.9. The van der Waals surface area contributed by atoms with Gasteiger partial charge in [0.15, 0.2) is 11.6 Å². The van der Waals surface area contributed by atoms with Crippen molar-refractivity contribution in [2.45, 2.75) is 45.4 Å². The number of hydrogen-bond acceptors (Lipinski definition) is 2. The average molecular weight is 278 g/mol. The number of ether oxygens (including phenoxy) is 2. The van der Waals surface area contributed by atoms with Gasteiger partial charge in [0, 0.05) is 5.56 Å².